The van der Waals surface area contributed by atoms with E-state index in [-0.39, 0.29) is 22.8 Å². The molecule has 1 aromatic heterocycles. The highest BCUT2D eigenvalue weighted by Crippen LogP contribution is 2.32. The first kappa shape index (κ1) is 21.4. The molecular formula is C17H21N5O8. The highest BCUT2D eigenvalue weighted by molar-refractivity contribution is 5.91. The number of aliphatic hydroxyl groups excluding tert-OH is 3. The van der Waals surface area contributed by atoms with Gasteiger partial charge in [0.25, 0.3) is 5.91 Å². The molecule has 30 heavy (non-hydrogen) atoms. The molecule has 0 bridgehead atoms. The van der Waals surface area contributed by atoms with E-state index >= 15 is 0 Å². The summed E-state index contributed by atoms with van der Waals surface area (Å²) < 4.78 is 12.2. The summed E-state index contributed by atoms with van der Waals surface area (Å²) in [5.41, 5.74) is 0.106. The summed E-state index contributed by atoms with van der Waals surface area (Å²) in [5.74, 6) is -0.537. The summed E-state index contributed by atoms with van der Waals surface area (Å²) >= 11 is 0. The Morgan fingerprint density at radius 1 is 1.40 bits per heavy atom. The molecule has 2 heterocycles. The molecule has 1 saturated heterocycles. The number of oxime groups is 1. The van der Waals surface area contributed by atoms with E-state index < -0.39 is 43.2 Å². The van der Waals surface area contributed by atoms with Gasteiger partial charge in [0.15, 0.2) is 5.69 Å². The van der Waals surface area contributed by atoms with Gasteiger partial charge in [-0.05, 0) is 18.2 Å². The molecule has 2 aromatic rings. The normalized spacial score (nSPS) is 26.6. The Hall–Kier alpha value is -3.26. The second-order valence-electron chi connectivity index (χ2n) is 6.44. The van der Waals surface area contributed by atoms with Gasteiger partial charge in [-0.3, -0.25) is 4.79 Å². The van der Waals surface area contributed by atoms with E-state index in [1.165, 1.54) is 31.4 Å². The summed E-state index contributed by atoms with van der Waals surface area (Å²) in [6.07, 6.45) is -3.13. The third-order valence-electron chi connectivity index (χ3n) is 4.57. The number of aromatic hydroxyl groups is 1. The molecule has 0 aliphatic carbocycles. The van der Waals surface area contributed by atoms with Crippen LogP contribution in [-0.4, -0.2) is 91.0 Å². The molecule has 3 rings (SSSR count). The number of carbonyl (C=O) groups excluding carboxylic acids is 1. The molecule has 1 aliphatic heterocycles. The fourth-order valence-corrected chi connectivity index (χ4v) is 3.04. The predicted octanol–water partition coefficient (Wildman–Crippen LogP) is -1.79. The minimum absolute atomic E-state index is 0.0344. The highest BCUT2D eigenvalue weighted by Gasteiger charge is 2.47. The largest absolute Gasteiger partial charge is 0.507 e. The zero-order valence-electron chi connectivity index (χ0n) is 15.7. The summed E-state index contributed by atoms with van der Waals surface area (Å²) in [5, 5.41) is 62.0. The zero-order chi connectivity index (χ0) is 21.8. The molecular weight excluding hydrogens is 402 g/mol. The van der Waals surface area contributed by atoms with Crippen LogP contribution in [0.5, 0.6) is 11.5 Å². The fourth-order valence-electron chi connectivity index (χ4n) is 3.04. The van der Waals surface area contributed by atoms with E-state index in [0.717, 1.165) is 10.9 Å². The summed E-state index contributed by atoms with van der Waals surface area (Å²) in [6, 6.07) is 2.85. The van der Waals surface area contributed by atoms with Crippen LogP contribution >= 0.6 is 0 Å². The lowest BCUT2D eigenvalue weighted by Crippen LogP contribution is -2.57. The lowest BCUT2D eigenvalue weighted by molar-refractivity contribution is -0.260. The van der Waals surface area contributed by atoms with Crippen LogP contribution in [0.3, 0.4) is 0 Å². The average molecular weight is 423 g/mol. The zero-order valence-corrected chi connectivity index (χ0v) is 15.7. The molecule has 1 amide bonds. The van der Waals surface area contributed by atoms with Gasteiger partial charge >= 0.3 is 0 Å². The maximum absolute atomic E-state index is 11.7. The minimum atomic E-state index is -1.48. The molecule has 13 heteroatoms. The molecule has 1 aliphatic rings. The van der Waals surface area contributed by atoms with Crippen molar-refractivity contribution in [2.24, 2.45) is 5.16 Å². The number of ether oxygens (including phenoxy) is 2. The monoisotopic (exact) mass is 423 g/mol. The Morgan fingerprint density at radius 3 is 2.83 bits per heavy atom. The van der Waals surface area contributed by atoms with Crippen LogP contribution in [0.4, 0.5) is 0 Å². The van der Waals surface area contributed by atoms with Crippen molar-refractivity contribution in [1.29, 1.82) is 0 Å². The van der Waals surface area contributed by atoms with Crippen molar-refractivity contribution in [2.45, 2.75) is 30.6 Å². The maximum atomic E-state index is 11.7. The molecule has 0 spiro atoms. The number of hydrogen-bond donors (Lipinski definition) is 6. The summed E-state index contributed by atoms with van der Waals surface area (Å²) in [4.78, 5) is 11.7. The number of hydrogen-bond acceptors (Lipinski definition) is 11. The maximum Gasteiger partial charge on any atom is 0.273 e. The van der Waals surface area contributed by atoms with Crippen molar-refractivity contribution >= 4 is 12.1 Å². The highest BCUT2D eigenvalue weighted by atomic mass is 16.7. The van der Waals surface area contributed by atoms with Crippen LogP contribution in [0, 0.1) is 0 Å². The number of phenols is 1. The van der Waals surface area contributed by atoms with Gasteiger partial charge in [-0.2, -0.15) is 0 Å². The van der Waals surface area contributed by atoms with Crippen LogP contribution in [0.15, 0.2) is 29.6 Å². The number of aromatic nitrogens is 3. The number of rotatable bonds is 6. The minimum Gasteiger partial charge on any atom is -0.507 e. The lowest BCUT2D eigenvalue weighted by atomic mass is 9.96. The van der Waals surface area contributed by atoms with Gasteiger partial charge in [-0.25, -0.2) is 4.68 Å². The standard InChI is InChI=1S/C17H21N5O8/c1-18-16(27)10-6-22(21-20-10)13-14(25)12(7-23)30-17(15(13)26)29-9-2-3-11(24)8(4-9)5-19-28/h2-6,12-15,17,23-26,28H,7H2,1H3,(H,18,27)/b19-5+/t12-,13+,14+,15-,17-/m1/s1. The number of nitrogens with one attached hydrogen (secondary N) is 1. The van der Waals surface area contributed by atoms with Gasteiger partial charge in [-0.15, -0.1) is 5.10 Å². The Kier molecular flexibility index (Phi) is 6.47. The first-order valence-corrected chi connectivity index (χ1v) is 8.83. The number of phenolic OH excluding ortho intramolecular Hbond substituents is 1. The van der Waals surface area contributed by atoms with Crippen molar-refractivity contribution in [1.82, 2.24) is 20.3 Å². The Labute approximate surface area is 169 Å². The number of benzene rings is 1. The topological polar surface area (TPSA) is 192 Å². The molecule has 0 unspecified atom stereocenters. The van der Waals surface area contributed by atoms with Crippen molar-refractivity contribution in [2.75, 3.05) is 13.7 Å². The van der Waals surface area contributed by atoms with Gasteiger partial charge in [0, 0.05) is 12.6 Å². The first-order chi connectivity index (χ1) is 14.4. The van der Waals surface area contributed by atoms with Gasteiger partial charge in [0.1, 0.15) is 35.9 Å². The number of aliphatic hydroxyl groups is 3. The number of nitrogens with zero attached hydrogens (tertiary/aromatic N) is 4. The quantitative estimate of drug-likeness (QED) is 0.176. The smallest absolute Gasteiger partial charge is 0.273 e. The van der Waals surface area contributed by atoms with Crippen molar-refractivity contribution in [3.05, 3.63) is 35.7 Å². The third kappa shape index (κ3) is 4.18. The van der Waals surface area contributed by atoms with Crippen LogP contribution < -0.4 is 10.1 Å². The van der Waals surface area contributed by atoms with E-state index in [9.17, 15) is 25.2 Å². The second-order valence-corrected chi connectivity index (χ2v) is 6.44. The number of amides is 1. The fraction of sp³-hybridized carbons (Fsp3) is 0.412. The van der Waals surface area contributed by atoms with E-state index in [2.05, 4.69) is 20.8 Å². The van der Waals surface area contributed by atoms with Crippen molar-refractivity contribution in [3.63, 3.8) is 0 Å². The lowest BCUT2D eigenvalue weighted by Gasteiger charge is -2.41. The van der Waals surface area contributed by atoms with E-state index in [1.807, 2.05) is 0 Å². The van der Waals surface area contributed by atoms with Crippen LogP contribution in [-0.2, 0) is 4.74 Å². The van der Waals surface area contributed by atoms with Gasteiger partial charge in [-0.1, -0.05) is 10.4 Å². The van der Waals surface area contributed by atoms with Crippen LogP contribution in [0.25, 0.3) is 0 Å². The predicted molar refractivity (Wildman–Crippen MR) is 98.3 cm³/mol. The summed E-state index contributed by atoms with van der Waals surface area (Å²) in [6.45, 7) is -0.584. The molecule has 0 radical (unpaired) electrons. The SMILES string of the molecule is CNC(=O)c1cn([C@H]2[C@@H](O)[C@@H](CO)O[C@@H](Oc3ccc(O)c(/C=N/O)c3)[C@@H]2O)nn1. The van der Waals surface area contributed by atoms with Crippen LogP contribution in [0.1, 0.15) is 22.1 Å². The molecule has 1 aromatic carbocycles. The second kappa shape index (κ2) is 9.04. The Balaban J connectivity index is 1.88. The Morgan fingerprint density at radius 2 is 2.17 bits per heavy atom. The van der Waals surface area contributed by atoms with Gasteiger partial charge in [0.2, 0.25) is 6.29 Å². The molecule has 5 atom stereocenters. The first-order valence-electron chi connectivity index (χ1n) is 8.83. The van der Waals surface area contributed by atoms with E-state index in [0.29, 0.717) is 0 Å². The van der Waals surface area contributed by atoms with Crippen LogP contribution in [0.2, 0.25) is 0 Å². The van der Waals surface area contributed by atoms with Crippen molar-refractivity contribution in [3.8, 4) is 11.5 Å². The van der Waals surface area contributed by atoms with Gasteiger partial charge < -0.3 is 40.4 Å². The number of carbonyl (C=O) groups is 1. The molecule has 0 saturated carbocycles. The summed E-state index contributed by atoms with van der Waals surface area (Å²) in [7, 11) is 1.42. The average Bonchev–Trinajstić information content (AvgIpc) is 3.22. The third-order valence-corrected chi connectivity index (χ3v) is 4.57. The van der Waals surface area contributed by atoms with E-state index in [1.54, 1.807) is 0 Å². The molecule has 162 valence electrons. The van der Waals surface area contributed by atoms with Crippen molar-refractivity contribution < 1.29 is 39.9 Å². The van der Waals surface area contributed by atoms with Gasteiger partial charge in [0.05, 0.1) is 19.0 Å². The molecule has 6 N–H and O–H groups in total. The molecule has 13 nitrogen and oxygen atoms in total. The molecule has 1 fully saturated rings. The van der Waals surface area contributed by atoms with E-state index in [4.69, 9.17) is 14.7 Å². The Bertz CT molecular complexity index is 919.